The number of hydrogen-bond donors (Lipinski definition) is 1. The molecule has 2 aliphatic heterocycles. The molecular formula is C20H25ClN4O3S. The van der Waals surface area contributed by atoms with E-state index >= 15 is 0 Å². The number of halogens is 1. The average molecular weight is 437 g/mol. The number of ether oxygens (including phenoxy) is 2. The lowest BCUT2D eigenvalue weighted by Crippen LogP contribution is -2.41. The lowest BCUT2D eigenvalue weighted by atomic mass is 9.77. The molecule has 2 saturated heterocycles. The first-order valence-corrected chi connectivity index (χ1v) is 11.1. The normalized spacial score (nSPS) is 20.9. The van der Waals surface area contributed by atoms with E-state index in [1.165, 1.54) is 11.8 Å². The number of anilines is 1. The molecule has 0 radical (unpaired) electrons. The molecule has 0 aliphatic carbocycles. The number of hydrogen-bond acceptors (Lipinski definition) is 7. The van der Waals surface area contributed by atoms with E-state index < -0.39 is 0 Å². The summed E-state index contributed by atoms with van der Waals surface area (Å²) in [6.07, 6.45) is 6.82. The highest BCUT2D eigenvalue weighted by Crippen LogP contribution is 2.42. The van der Waals surface area contributed by atoms with E-state index in [2.05, 4.69) is 26.8 Å². The number of H-pyrrole nitrogens is 1. The van der Waals surface area contributed by atoms with E-state index in [-0.39, 0.29) is 5.56 Å². The zero-order valence-corrected chi connectivity index (χ0v) is 18.2. The van der Waals surface area contributed by atoms with Crippen molar-refractivity contribution in [2.45, 2.75) is 49.0 Å². The standard InChI is InChI=1S/C20H25ClN4O3S/c1-3-27-18-16(21)14(4-7-22-18)29-15-11-23-19(24-17(15)26)25-8-5-20(6-9-25)10-13(2)28-12-20/h4,7,11,13H,3,5-6,8-10,12H2,1-2H3,(H,23,24,26)/t13-/m0/s1. The Balaban J connectivity index is 1.45. The van der Waals surface area contributed by atoms with Gasteiger partial charge in [0.1, 0.15) is 5.02 Å². The van der Waals surface area contributed by atoms with E-state index in [1.807, 2.05) is 6.92 Å². The first-order chi connectivity index (χ1) is 14.0. The summed E-state index contributed by atoms with van der Waals surface area (Å²) in [4.78, 5) is 27.5. The highest BCUT2D eigenvalue weighted by atomic mass is 35.5. The average Bonchev–Trinajstić information content (AvgIpc) is 3.07. The smallest absolute Gasteiger partial charge is 0.266 e. The van der Waals surface area contributed by atoms with Gasteiger partial charge in [-0.25, -0.2) is 9.97 Å². The molecule has 0 aromatic carbocycles. The summed E-state index contributed by atoms with van der Waals surface area (Å²) in [5.41, 5.74) is 0.117. The van der Waals surface area contributed by atoms with Crippen LogP contribution < -0.4 is 15.2 Å². The Morgan fingerprint density at radius 2 is 2.17 bits per heavy atom. The summed E-state index contributed by atoms with van der Waals surface area (Å²) in [7, 11) is 0. The number of pyridine rings is 1. The SMILES string of the molecule is CCOc1nccc(Sc2cnc(N3CCC4(CC3)CO[C@@H](C)C4)[nH]c2=O)c1Cl. The Kier molecular flexibility index (Phi) is 6.03. The van der Waals surface area contributed by atoms with E-state index in [4.69, 9.17) is 21.1 Å². The van der Waals surface area contributed by atoms with Gasteiger partial charge in [0.2, 0.25) is 11.8 Å². The van der Waals surface area contributed by atoms with Crippen molar-refractivity contribution in [2.75, 3.05) is 31.2 Å². The van der Waals surface area contributed by atoms with Crippen LogP contribution in [-0.4, -0.2) is 47.4 Å². The maximum Gasteiger partial charge on any atom is 0.266 e. The topological polar surface area (TPSA) is 80.3 Å². The van der Waals surface area contributed by atoms with Crippen molar-refractivity contribution in [3.05, 3.63) is 33.8 Å². The first-order valence-electron chi connectivity index (χ1n) is 9.91. The van der Waals surface area contributed by atoms with Gasteiger partial charge in [0.25, 0.3) is 5.56 Å². The van der Waals surface area contributed by atoms with Crippen LogP contribution in [0, 0.1) is 5.41 Å². The maximum atomic E-state index is 12.6. The van der Waals surface area contributed by atoms with E-state index in [9.17, 15) is 4.79 Å². The number of aromatic nitrogens is 3. The summed E-state index contributed by atoms with van der Waals surface area (Å²) in [6.45, 7) is 7.08. The molecule has 4 heterocycles. The van der Waals surface area contributed by atoms with Crippen molar-refractivity contribution in [2.24, 2.45) is 5.41 Å². The predicted octanol–water partition coefficient (Wildman–Crippen LogP) is 3.76. The van der Waals surface area contributed by atoms with Gasteiger partial charge in [-0.3, -0.25) is 9.78 Å². The van der Waals surface area contributed by atoms with Gasteiger partial charge in [0.15, 0.2) is 0 Å². The van der Waals surface area contributed by atoms with Crippen molar-refractivity contribution >= 4 is 29.3 Å². The Labute approximate surface area is 179 Å². The third-order valence-electron chi connectivity index (χ3n) is 5.59. The van der Waals surface area contributed by atoms with Crippen LogP contribution in [0.2, 0.25) is 5.02 Å². The Morgan fingerprint density at radius 1 is 1.38 bits per heavy atom. The van der Waals surface area contributed by atoms with Gasteiger partial charge in [-0.2, -0.15) is 0 Å². The number of aromatic amines is 1. The van der Waals surface area contributed by atoms with Crippen LogP contribution in [0.3, 0.4) is 0 Å². The Bertz CT molecular complexity index is 930. The molecule has 7 nitrogen and oxygen atoms in total. The van der Waals surface area contributed by atoms with Crippen LogP contribution >= 0.6 is 23.4 Å². The van der Waals surface area contributed by atoms with Crippen LogP contribution in [0.5, 0.6) is 5.88 Å². The highest BCUT2D eigenvalue weighted by Gasteiger charge is 2.41. The molecule has 2 fully saturated rings. The molecule has 4 rings (SSSR count). The Hall–Kier alpha value is -1.77. The quantitative estimate of drug-likeness (QED) is 0.764. The third-order valence-corrected chi connectivity index (χ3v) is 7.14. The van der Waals surface area contributed by atoms with E-state index in [0.29, 0.717) is 44.8 Å². The number of nitrogens with one attached hydrogen (secondary N) is 1. The maximum absolute atomic E-state index is 12.6. The van der Waals surface area contributed by atoms with Crippen LogP contribution in [0.25, 0.3) is 0 Å². The van der Waals surface area contributed by atoms with Gasteiger partial charge in [0, 0.05) is 24.2 Å². The first kappa shape index (κ1) is 20.5. The van der Waals surface area contributed by atoms with Crippen molar-refractivity contribution in [1.29, 1.82) is 0 Å². The summed E-state index contributed by atoms with van der Waals surface area (Å²) in [5, 5.41) is 0.400. The predicted molar refractivity (Wildman–Crippen MR) is 113 cm³/mol. The zero-order valence-electron chi connectivity index (χ0n) is 16.6. The van der Waals surface area contributed by atoms with E-state index in [1.54, 1.807) is 18.5 Å². The second-order valence-corrected chi connectivity index (χ2v) is 9.14. The minimum absolute atomic E-state index is 0.177. The fourth-order valence-electron chi connectivity index (χ4n) is 4.04. The minimum atomic E-state index is -0.177. The molecule has 1 atom stereocenters. The number of nitrogens with zero attached hydrogens (tertiary/aromatic N) is 3. The zero-order chi connectivity index (χ0) is 20.4. The van der Waals surface area contributed by atoms with Gasteiger partial charge >= 0.3 is 0 Å². The second-order valence-electron chi connectivity index (χ2n) is 7.68. The monoisotopic (exact) mass is 436 g/mol. The van der Waals surface area contributed by atoms with Gasteiger partial charge < -0.3 is 14.4 Å². The molecule has 2 aromatic rings. The van der Waals surface area contributed by atoms with Crippen molar-refractivity contribution in [3.8, 4) is 5.88 Å². The Morgan fingerprint density at radius 3 is 2.83 bits per heavy atom. The highest BCUT2D eigenvalue weighted by molar-refractivity contribution is 7.99. The summed E-state index contributed by atoms with van der Waals surface area (Å²) in [5.74, 6) is 0.990. The van der Waals surface area contributed by atoms with Crippen molar-refractivity contribution in [1.82, 2.24) is 15.0 Å². The molecule has 2 aliphatic rings. The molecule has 0 bridgehead atoms. The van der Waals surface area contributed by atoms with Gasteiger partial charge in [0.05, 0.1) is 30.4 Å². The van der Waals surface area contributed by atoms with Crippen molar-refractivity contribution in [3.63, 3.8) is 0 Å². The molecule has 9 heteroatoms. The fraction of sp³-hybridized carbons (Fsp3) is 0.550. The molecule has 2 aromatic heterocycles. The van der Waals surface area contributed by atoms with Gasteiger partial charge in [-0.05, 0) is 44.6 Å². The molecule has 0 saturated carbocycles. The lowest BCUT2D eigenvalue weighted by molar-refractivity contribution is 0.0975. The van der Waals surface area contributed by atoms with Crippen molar-refractivity contribution < 1.29 is 9.47 Å². The van der Waals surface area contributed by atoms with E-state index in [0.717, 1.165) is 39.0 Å². The molecule has 1 N–H and O–H groups in total. The van der Waals surface area contributed by atoms with Crippen LogP contribution in [-0.2, 0) is 4.74 Å². The molecular weight excluding hydrogens is 412 g/mol. The fourth-order valence-corrected chi connectivity index (χ4v) is 5.11. The van der Waals surface area contributed by atoms with Crippen LogP contribution in [0.1, 0.15) is 33.1 Å². The van der Waals surface area contributed by atoms with Gasteiger partial charge in [-0.1, -0.05) is 23.4 Å². The largest absolute Gasteiger partial charge is 0.477 e. The number of rotatable bonds is 5. The minimum Gasteiger partial charge on any atom is -0.477 e. The molecule has 1 spiro atoms. The van der Waals surface area contributed by atoms with Crippen LogP contribution in [0.4, 0.5) is 5.95 Å². The van der Waals surface area contributed by atoms with Gasteiger partial charge in [-0.15, -0.1) is 0 Å². The summed E-state index contributed by atoms with van der Waals surface area (Å²) >= 11 is 7.61. The second kappa shape index (κ2) is 8.53. The number of piperidine rings is 1. The summed E-state index contributed by atoms with van der Waals surface area (Å²) in [6, 6.07) is 1.76. The molecule has 29 heavy (non-hydrogen) atoms. The molecule has 156 valence electrons. The van der Waals surface area contributed by atoms with Crippen LogP contribution in [0.15, 0.2) is 33.0 Å². The molecule has 0 unspecified atom stereocenters. The molecule has 0 amide bonds. The third kappa shape index (κ3) is 4.39. The summed E-state index contributed by atoms with van der Waals surface area (Å²) < 4.78 is 11.2. The lowest BCUT2D eigenvalue weighted by Gasteiger charge is -2.38.